The fourth-order valence-electron chi connectivity index (χ4n) is 1.61. The van der Waals surface area contributed by atoms with Crippen LogP contribution in [-0.2, 0) is 0 Å². The molecule has 0 saturated carbocycles. The van der Waals surface area contributed by atoms with Crippen LogP contribution in [0, 0.1) is 6.92 Å². The molecule has 1 aromatic heterocycles. The Hall–Kier alpha value is -1.55. The lowest BCUT2D eigenvalue weighted by atomic mass is 10.2. The highest BCUT2D eigenvalue weighted by molar-refractivity contribution is 9.10. The lowest BCUT2D eigenvalue weighted by Gasteiger charge is -2.13. The lowest BCUT2D eigenvalue weighted by molar-refractivity contribution is 1.13. The van der Waals surface area contributed by atoms with Crippen molar-refractivity contribution in [2.75, 3.05) is 24.3 Å². The SMILES string of the molecule is Cc1cnc(Nc2ccc(N(C)C)cc2)c(Br)c1. The van der Waals surface area contributed by atoms with Gasteiger partial charge < -0.3 is 10.2 Å². The van der Waals surface area contributed by atoms with E-state index in [1.807, 2.05) is 45.4 Å². The van der Waals surface area contributed by atoms with Gasteiger partial charge in [-0.25, -0.2) is 4.98 Å². The molecule has 4 heteroatoms. The number of aromatic nitrogens is 1. The second kappa shape index (κ2) is 5.40. The fourth-order valence-corrected chi connectivity index (χ4v) is 2.17. The Kier molecular flexibility index (Phi) is 3.87. The molecular formula is C14H16BrN3. The van der Waals surface area contributed by atoms with Crippen LogP contribution in [0.2, 0.25) is 0 Å². The normalized spacial score (nSPS) is 10.2. The molecule has 2 rings (SSSR count). The summed E-state index contributed by atoms with van der Waals surface area (Å²) < 4.78 is 0.971. The van der Waals surface area contributed by atoms with Crippen LogP contribution in [0.25, 0.3) is 0 Å². The van der Waals surface area contributed by atoms with Gasteiger partial charge in [-0.15, -0.1) is 0 Å². The molecule has 2 aromatic rings. The number of hydrogen-bond acceptors (Lipinski definition) is 3. The smallest absolute Gasteiger partial charge is 0.144 e. The van der Waals surface area contributed by atoms with Crippen LogP contribution >= 0.6 is 15.9 Å². The van der Waals surface area contributed by atoms with Crippen molar-refractivity contribution in [3.8, 4) is 0 Å². The zero-order chi connectivity index (χ0) is 13.1. The van der Waals surface area contributed by atoms with Crippen LogP contribution < -0.4 is 10.2 Å². The fraction of sp³-hybridized carbons (Fsp3) is 0.214. The Labute approximate surface area is 116 Å². The molecular weight excluding hydrogens is 290 g/mol. The standard InChI is InChI=1S/C14H16BrN3/c1-10-8-13(15)14(16-9-10)17-11-4-6-12(7-5-11)18(2)3/h4-9H,1-3H3,(H,16,17). The second-order valence-corrected chi connectivity index (χ2v) is 5.26. The average Bonchev–Trinajstić information content (AvgIpc) is 2.33. The zero-order valence-corrected chi connectivity index (χ0v) is 12.3. The molecule has 1 N–H and O–H groups in total. The van der Waals surface area contributed by atoms with Crippen molar-refractivity contribution < 1.29 is 0 Å². The van der Waals surface area contributed by atoms with E-state index < -0.39 is 0 Å². The van der Waals surface area contributed by atoms with Crippen LogP contribution in [0.4, 0.5) is 17.2 Å². The van der Waals surface area contributed by atoms with E-state index in [9.17, 15) is 0 Å². The maximum absolute atomic E-state index is 4.36. The van der Waals surface area contributed by atoms with Gasteiger partial charge in [-0.2, -0.15) is 0 Å². The van der Waals surface area contributed by atoms with E-state index in [0.717, 1.165) is 21.5 Å². The van der Waals surface area contributed by atoms with Gasteiger partial charge in [0.05, 0.1) is 4.47 Å². The molecule has 0 aliphatic carbocycles. The Bertz CT molecular complexity index is 535. The van der Waals surface area contributed by atoms with Gasteiger partial charge in [0.25, 0.3) is 0 Å². The summed E-state index contributed by atoms with van der Waals surface area (Å²) in [6, 6.07) is 10.3. The first-order chi connectivity index (χ1) is 8.56. The van der Waals surface area contributed by atoms with Crippen molar-refractivity contribution in [3.63, 3.8) is 0 Å². The first-order valence-electron chi connectivity index (χ1n) is 5.73. The third-order valence-electron chi connectivity index (χ3n) is 2.62. The van der Waals surface area contributed by atoms with Crippen molar-refractivity contribution in [2.45, 2.75) is 6.92 Å². The minimum absolute atomic E-state index is 0.832. The van der Waals surface area contributed by atoms with Gasteiger partial charge >= 0.3 is 0 Å². The summed E-state index contributed by atoms with van der Waals surface area (Å²) in [6.07, 6.45) is 1.85. The minimum Gasteiger partial charge on any atom is -0.378 e. The van der Waals surface area contributed by atoms with Gasteiger partial charge in [-0.3, -0.25) is 0 Å². The van der Waals surface area contributed by atoms with Crippen molar-refractivity contribution >= 4 is 33.1 Å². The highest BCUT2D eigenvalue weighted by atomic mass is 79.9. The highest BCUT2D eigenvalue weighted by Crippen LogP contribution is 2.25. The summed E-state index contributed by atoms with van der Waals surface area (Å²) in [6.45, 7) is 2.02. The summed E-state index contributed by atoms with van der Waals surface area (Å²) in [7, 11) is 4.06. The van der Waals surface area contributed by atoms with Gasteiger partial charge in [-0.1, -0.05) is 0 Å². The number of nitrogens with zero attached hydrogens (tertiary/aromatic N) is 2. The van der Waals surface area contributed by atoms with Crippen LogP contribution in [-0.4, -0.2) is 19.1 Å². The molecule has 1 aromatic carbocycles. The average molecular weight is 306 g/mol. The van der Waals surface area contributed by atoms with E-state index in [1.54, 1.807) is 0 Å². The lowest BCUT2D eigenvalue weighted by Crippen LogP contribution is -2.08. The zero-order valence-electron chi connectivity index (χ0n) is 10.7. The maximum atomic E-state index is 4.36. The number of benzene rings is 1. The van der Waals surface area contributed by atoms with Crippen LogP contribution in [0.3, 0.4) is 0 Å². The quantitative estimate of drug-likeness (QED) is 0.930. The molecule has 0 saturated heterocycles. The topological polar surface area (TPSA) is 28.2 Å². The van der Waals surface area contributed by atoms with E-state index in [-0.39, 0.29) is 0 Å². The van der Waals surface area contributed by atoms with E-state index in [2.05, 4.69) is 43.3 Å². The van der Waals surface area contributed by atoms with E-state index in [1.165, 1.54) is 5.69 Å². The summed E-state index contributed by atoms with van der Waals surface area (Å²) in [5.74, 6) is 0.832. The van der Waals surface area contributed by atoms with E-state index in [4.69, 9.17) is 0 Å². The van der Waals surface area contributed by atoms with Crippen molar-refractivity contribution in [1.29, 1.82) is 0 Å². The molecule has 0 aliphatic rings. The molecule has 18 heavy (non-hydrogen) atoms. The van der Waals surface area contributed by atoms with Gasteiger partial charge in [0.2, 0.25) is 0 Å². The minimum atomic E-state index is 0.832. The number of halogens is 1. The first kappa shape index (κ1) is 12.9. The number of rotatable bonds is 3. The van der Waals surface area contributed by atoms with Gasteiger partial charge in [-0.05, 0) is 58.7 Å². The maximum Gasteiger partial charge on any atom is 0.144 e. The first-order valence-corrected chi connectivity index (χ1v) is 6.52. The van der Waals surface area contributed by atoms with Crippen molar-refractivity contribution in [3.05, 3.63) is 46.6 Å². The Balaban J connectivity index is 2.18. The largest absolute Gasteiger partial charge is 0.378 e. The number of nitrogens with one attached hydrogen (secondary N) is 1. The monoisotopic (exact) mass is 305 g/mol. The summed E-state index contributed by atoms with van der Waals surface area (Å²) >= 11 is 3.51. The molecule has 94 valence electrons. The Morgan fingerprint density at radius 3 is 2.39 bits per heavy atom. The molecule has 1 heterocycles. The van der Waals surface area contributed by atoms with Crippen LogP contribution in [0.15, 0.2) is 41.0 Å². The second-order valence-electron chi connectivity index (χ2n) is 4.41. The van der Waals surface area contributed by atoms with E-state index in [0.29, 0.717) is 0 Å². The summed E-state index contributed by atoms with van der Waals surface area (Å²) in [5, 5.41) is 3.29. The molecule has 0 aliphatic heterocycles. The summed E-state index contributed by atoms with van der Waals surface area (Å²) in [4.78, 5) is 6.44. The summed E-state index contributed by atoms with van der Waals surface area (Å²) in [5.41, 5.74) is 3.34. The Morgan fingerprint density at radius 1 is 1.17 bits per heavy atom. The third kappa shape index (κ3) is 3.01. The van der Waals surface area contributed by atoms with Crippen molar-refractivity contribution in [2.24, 2.45) is 0 Å². The molecule has 0 spiro atoms. The molecule has 0 atom stereocenters. The number of hydrogen-bond donors (Lipinski definition) is 1. The predicted molar refractivity (Wildman–Crippen MR) is 80.7 cm³/mol. The van der Waals surface area contributed by atoms with Gasteiger partial charge in [0.1, 0.15) is 5.82 Å². The molecule has 0 unspecified atom stereocenters. The molecule has 0 fully saturated rings. The predicted octanol–water partition coefficient (Wildman–Crippen LogP) is 3.96. The molecule has 0 amide bonds. The number of anilines is 3. The highest BCUT2D eigenvalue weighted by Gasteiger charge is 2.02. The Morgan fingerprint density at radius 2 is 1.83 bits per heavy atom. The van der Waals surface area contributed by atoms with Crippen LogP contribution in [0.1, 0.15) is 5.56 Å². The molecule has 0 bridgehead atoms. The molecule has 0 radical (unpaired) electrons. The van der Waals surface area contributed by atoms with Crippen LogP contribution in [0.5, 0.6) is 0 Å². The van der Waals surface area contributed by atoms with Crippen molar-refractivity contribution in [1.82, 2.24) is 4.98 Å². The molecule has 3 nitrogen and oxygen atoms in total. The van der Waals surface area contributed by atoms with Gasteiger partial charge in [0, 0.05) is 31.7 Å². The van der Waals surface area contributed by atoms with Gasteiger partial charge in [0.15, 0.2) is 0 Å². The number of aryl methyl sites for hydroxylation is 1. The number of pyridine rings is 1. The van der Waals surface area contributed by atoms with E-state index >= 15 is 0 Å². The third-order valence-corrected chi connectivity index (χ3v) is 3.23.